The Morgan fingerprint density at radius 3 is 3.05 bits per heavy atom. The van der Waals surface area contributed by atoms with Crippen LogP contribution in [-0.2, 0) is 18.0 Å². The Morgan fingerprint density at radius 1 is 1.37 bits per heavy atom. The highest BCUT2D eigenvalue weighted by atomic mass is 16.5. The van der Waals surface area contributed by atoms with E-state index in [-0.39, 0.29) is 5.91 Å². The summed E-state index contributed by atoms with van der Waals surface area (Å²) in [6.07, 6.45) is 1.58. The summed E-state index contributed by atoms with van der Waals surface area (Å²) in [5, 5.41) is 6.29. The molecule has 0 spiro atoms. The van der Waals surface area contributed by atoms with Crippen LogP contribution in [0.3, 0.4) is 0 Å². The van der Waals surface area contributed by atoms with Gasteiger partial charge >= 0.3 is 0 Å². The molecule has 0 saturated heterocycles. The maximum atomic E-state index is 11.9. The standard InChI is InChI=1S/C13H16N4O2/c14-17-16-6-2-1-5-15-13(18)10-3-4-11-8-19-9-12(11)7-10/h3-4,7H,1-2,5-6,8-9H2,(H,15,18). The number of ether oxygens (including phenoxy) is 1. The molecule has 2 rings (SSSR count). The van der Waals surface area contributed by atoms with E-state index in [9.17, 15) is 4.79 Å². The lowest BCUT2D eigenvalue weighted by Gasteiger charge is -2.06. The molecule has 0 unspecified atom stereocenters. The molecule has 1 heterocycles. The summed E-state index contributed by atoms with van der Waals surface area (Å²) in [4.78, 5) is 14.6. The summed E-state index contributed by atoms with van der Waals surface area (Å²) < 4.78 is 5.31. The van der Waals surface area contributed by atoms with Crippen LogP contribution in [0.15, 0.2) is 23.3 Å². The van der Waals surface area contributed by atoms with E-state index < -0.39 is 0 Å². The lowest BCUT2D eigenvalue weighted by molar-refractivity contribution is 0.0953. The minimum Gasteiger partial charge on any atom is -0.372 e. The van der Waals surface area contributed by atoms with E-state index in [1.54, 1.807) is 0 Å². The fourth-order valence-corrected chi connectivity index (χ4v) is 1.97. The molecule has 0 atom stereocenters. The Labute approximate surface area is 111 Å². The fraction of sp³-hybridized carbons (Fsp3) is 0.462. The van der Waals surface area contributed by atoms with Crippen molar-refractivity contribution in [2.75, 3.05) is 13.1 Å². The highest BCUT2D eigenvalue weighted by Crippen LogP contribution is 2.20. The third-order valence-corrected chi connectivity index (χ3v) is 3.02. The Hall–Kier alpha value is -2.04. The number of hydrogen-bond donors (Lipinski definition) is 1. The van der Waals surface area contributed by atoms with E-state index in [1.807, 2.05) is 18.2 Å². The van der Waals surface area contributed by atoms with Gasteiger partial charge < -0.3 is 10.1 Å². The Bertz CT molecular complexity index is 509. The van der Waals surface area contributed by atoms with Crippen molar-refractivity contribution in [1.29, 1.82) is 0 Å². The Kier molecular flexibility index (Phi) is 4.78. The van der Waals surface area contributed by atoms with Gasteiger partial charge in [-0.1, -0.05) is 11.2 Å². The van der Waals surface area contributed by atoms with Gasteiger partial charge in [-0.2, -0.15) is 0 Å². The van der Waals surface area contributed by atoms with Gasteiger partial charge in [0.2, 0.25) is 0 Å². The molecule has 1 amide bonds. The molecule has 0 radical (unpaired) electrons. The fourth-order valence-electron chi connectivity index (χ4n) is 1.97. The van der Waals surface area contributed by atoms with Gasteiger partial charge in [-0.15, -0.1) is 0 Å². The molecule has 1 N–H and O–H groups in total. The van der Waals surface area contributed by atoms with Gasteiger partial charge in [0.15, 0.2) is 0 Å². The minimum atomic E-state index is -0.0708. The van der Waals surface area contributed by atoms with E-state index in [2.05, 4.69) is 15.3 Å². The number of nitrogens with one attached hydrogen (secondary N) is 1. The van der Waals surface area contributed by atoms with Crippen molar-refractivity contribution in [3.63, 3.8) is 0 Å². The van der Waals surface area contributed by atoms with Gasteiger partial charge in [0.05, 0.1) is 13.2 Å². The highest BCUT2D eigenvalue weighted by molar-refractivity contribution is 5.94. The zero-order chi connectivity index (χ0) is 13.5. The van der Waals surface area contributed by atoms with E-state index >= 15 is 0 Å². The molecule has 0 aliphatic carbocycles. The first-order valence-electron chi connectivity index (χ1n) is 6.30. The van der Waals surface area contributed by atoms with Crippen LogP contribution < -0.4 is 5.32 Å². The molecule has 0 aromatic heterocycles. The van der Waals surface area contributed by atoms with Gasteiger partial charge in [-0.05, 0) is 41.6 Å². The molecule has 100 valence electrons. The van der Waals surface area contributed by atoms with Crippen LogP contribution in [0.5, 0.6) is 0 Å². The predicted octanol–water partition coefficient (Wildman–Crippen LogP) is 2.54. The number of nitrogens with zero attached hydrogens (tertiary/aromatic N) is 3. The van der Waals surface area contributed by atoms with Gasteiger partial charge in [0.25, 0.3) is 5.91 Å². The second-order valence-electron chi connectivity index (χ2n) is 4.39. The third-order valence-electron chi connectivity index (χ3n) is 3.02. The lowest BCUT2D eigenvalue weighted by Crippen LogP contribution is -2.24. The maximum Gasteiger partial charge on any atom is 0.251 e. The number of unbranched alkanes of at least 4 members (excludes halogenated alkanes) is 1. The molecule has 1 aliphatic rings. The van der Waals surface area contributed by atoms with E-state index in [0.29, 0.717) is 31.9 Å². The number of carbonyl (C=O) groups is 1. The number of carbonyl (C=O) groups excluding carboxylic acids is 1. The molecular weight excluding hydrogens is 244 g/mol. The zero-order valence-electron chi connectivity index (χ0n) is 10.6. The number of benzene rings is 1. The van der Waals surface area contributed by atoms with Gasteiger partial charge in [0.1, 0.15) is 0 Å². The predicted molar refractivity (Wildman–Crippen MR) is 70.5 cm³/mol. The van der Waals surface area contributed by atoms with Gasteiger partial charge in [-0.25, -0.2) is 0 Å². The largest absolute Gasteiger partial charge is 0.372 e. The van der Waals surface area contributed by atoms with E-state index in [4.69, 9.17) is 10.3 Å². The molecule has 1 aliphatic heterocycles. The molecule has 6 nitrogen and oxygen atoms in total. The molecule has 19 heavy (non-hydrogen) atoms. The number of hydrogen-bond acceptors (Lipinski definition) is 3. The summed E-state index contributed by atoms with van der Waals surface area (Å²) in [7, 11) is 0. The maximum absolute atomic E-state index is 11.9. The second-order valence-corrected chi connectivity index (χ2v) is 4.39. The van der Waals surface area contributed by atoms with Crippen LogP contribution in [0.4, 0.5) is 0 Å². The van der Waals surface area contributed by atoms with Gasteiger partial charge in [0, 0.05) is 23.6 Å². The normalized spacial score (nSPS) is 12.6. The molecule has 0 fully saturated rings. The summed E-state index contributed by atoms with van der Waals surface area (Å²) >= 11 is 0. The quantitative estimate of drug-likeness (QED) is 0.368. The Balaban J connectivity index is 1.78. The van der Waals surface area contributed by atoms with Crippen molar-refractivity contribution in [3.8, 4) is 0 Å². The SMILES string of the molecule is [N-]=[N+]=NCCCCNC(=O)c1ccc2c(c1)COC2. The van der Waals surface area contributed by atoms with Crippen molar-refractivity contribution in [2.45, 2.75) is 26.1 Å². The van der Waals surface area contributed by atoms with Crippen LogP contribution in [0.25, 0.3) is 10.4 Å². The van der Waals surface area contributed by atoms with Crippen molar-refractivity contribution in [1.82, 2.24) is 5.32 Å². The highest BCUT2D eigenvalue weighted by Gasteiger charge is 2.13. The average molecular weight is 260 g/mol. The molecule has 6 heteroatoms. The van der Waals surface area contributed by atoms with Crippen LogP contribution in [0.1, 0.15) is 34.3 Å². The molecule has 1 aromatic rings. The van der Waals surface area contributed by atoms with Crippen LogP contribution in [0.2, 0.25) is 0 Å². The summed E-state index contributed by atoms with van der Waals surface area (Å²) in [6.45, 7) is 2.29. The summed E-state index contributed by atoms with van der Waals surface area (Å²) in [5.74, 6) is -0.0708. The first kappa shape index (κ1) is 13.4. The summed E-state index contributed by atoms with van der Waals surface area (Å²) in [6, 6.07) is 5.65. The molecule has 0 saturated carbocycles. The summed E-state index contributed by atoms with van der Waals surface area (Å²) in [5.41, 5.74) is 11.0. The number of fused-ring (bicyclic) bond motifs is 1. The molecule has 0 bridgehead atoms. The second kappa shape index (κ2) is 6.78. The third kappa shape index (κ3) is 3.71. The number of amides is 1. The zero-order valence-corrected chi connectivity index (χ0v) is 10.6. The van der Waals surface area contributed by atoms with Crippen molar-refractivity contribution < 1.29 is 9.53 Å². The number of azide groups is 1. The smallest absolute Gasteiger partial charge is 0.251 e. The van der Waals surface area contributed by atoms with Crippen molar-refractivity contribution in [2.24, 2.45) is 5.11 Å². The monoisotopic (exact) mass is 260 g/mol. The average Bonchev–Trinajstić information content (AvgIpc) is 2.89. The van der Waals surface area contributed by atoms with Crippen LogP contribution in [-0.4, -0.2) is 19.0 Å². The topological polar surface area (TPSA) is 87.1 Å². The van der Waals surface area contributed by atoms with Crippen LogP contribution >= 0.6 is 0 Å². The molecular formula is C13H16N4O2. The first-order valence-corrected chi connectivity index (χ1v) is 6.30. The minimum absolute atomic E-state index is 0.0708. The van der Waals surface area contributed by atoms with Gasteiger partial charge in [-0.3, -0.25) is 4.79 Å². The van der Waals surface area contributed by atoms with Crippen LogP contribution in [0, 0.1) is 0 Å². The molecule has 1 aromatic carbocycles. The van der Waals surface area contributed by atoms with Crippen molar-refractivity contribution in [3.05, 3.63) is 45.3 Å². The first-order chi connectivity index (χ1) is 9.31. The lowest BCUT2D eigenvalue weighted by atomic mass is 10.1. The van der Waals surface area contributed by atoms with Crippen molar-refractivity contribution >= 4 is 5.91 Å². The number of rotatable bonds is 6. The Morgan fingerprint density at radius 2 is 2.21 bits per heavy atom. The van der Waals surface area contributed by atoms with E-state index in [0.717, 1.165) is 24.0 Å². The van der Waals surface area contributed by atoms with E-state index in [1.165, 1.54) is 0 Å².